The average molecular weight is 325 g/mol. The maximum Gasteiger partial charge on any atom is 0.335 e. The van der Waals surface area contributed by atoms with E-state index >= 15 is 0 Å². The molecule has 0 aromatic carbocycles. The third-order valence-corrected chi connectivity index (χ3v) is 2.93. The summed E-state index contributed by atoms with van der Waals surface area (Å²) in [4.78, 5) is 30.2. The second-order valence-corrected chi connectivity index (χ2v) is 4.55. The van der Waals surface area contributed by atoms with Crippen LogP contribution in [0.15, 0.2) is 0 Å². The van der Waals surface area contributed by atoms with Crippen LogP contribution in [0, 0.1) is 0 Å². The van der Waals surface area contributed by atoms with Gasteiger partial charge in [0.1, 0.15) is 24.4 Å². The van der Waals surface area contributed by atoms with Crippen LogP contribution in [0.1, 0.15) is 12.8 Å². The van der Waals surface area contributed by atoms with E-state index in [4.69, 9.17) is 35.8 Å². The Balaban J connectivity index is 0.000000425. The summed E-state index contributed by atoms with van der Waals surface area (Å²) in [7, 11) is 0. The van der Waals surface area contributed by atoms with Crippen LogP contribution in [0.2, 0.25) is 0 Å². The Labute approximate surface area is 124 Å². The van der Waals surface area contributed by atoms with Gasteiger partial charge in [-0.1, -0.05) is 0 Å². The van der Waals surface area contributed by atoms with E-state index in [1.165, 1.54) is 0 Å². The number of aliphatic hydroxyl groups excluding tert-OH is 4. The Morgan fingerprint density at radius 2 is 1.64 bits per heavy atom. The van der Waals surface area contributed by atoms with Crippen LogP contribution in [-0.4, -0.2) is 96.1 Å². The monoisotopic (exact) mass is 325 g/mol. The number of rotatable bonds is 6. The number of hydrogen-bond donors (Lipinski definition) is 7. The molecule has 7 N–H and O–H groups in total. The van der Waals surface area contributed by atoms with Crippen molar-refractivity contribution in [3.05, 3.63) is 0 Å². The molecule has 1 aliphatic rings. The topological polar surface area (TPSA) is 196 Å². The molecule has 0 aromatic heterocycles. The van der Waals surface area contributed by atoms with E-state index in [1.54, 1.807) is 0 Å². The molecular formula is C11H19NO10. The van der Waals surface area contributed by atoms with E-state index < -0.39 is 42.4 Å². The van der Waals surface area contributed by atoms with Crippen LogP contribution in [0.4, 0.5) is 0 Å². The molecule has 0 bridgehead atoms. The highest BCUT2D eigenvalue weighted by Gasteiger charge is 2.34. The van der Waals surface area contributed by atoms with Gasteiger partial charge in [0, 0.05) is 6.54 Å². The Kier molecular flexibility index (Phi) is 8.70. The predicted octanol–water partition coefficient (Wildman–Crippen LogP) is -3.36. The first-order chi connectivity index (χ1) is 10.1. The summed E-state index contributed by atoms with van der Waals surface area (Å²) in [5.41, 5.74) is 0. The minimum absolute atomic E-state index is 0.0809. The number of carboxylic acids is 2. The number of carboxylic acid groups (broad SMARTS) is 2. The Bertz CT molecular complexity index is 389. The van der Waals surface area contributed by atoms with Crippen molar-refractivity contribution in [3.63, 3.8) is 0 Å². The smallest absolute Gasteiger partial charge is 0.335 e. The van der Waals surface area contributed by atoms with Crippen molar-refractivity contribution in [2.24, 2.45) is 0 Å². The normalized spacial score (nSPS) is 23.6. The molecule has 0 spiro atoms. The Hall–Kier alpha value is -1.63. The molecule has 1 fully saturated rings. The van der Waals surface area contributed by atoms with Gasteiger partial charge in [-0.05, 0) is 12.8 Å². The lowest BCUT2D eigenvalue weighted by Crippen LogP contribution is -2.48. The molecule has 22 heavy (non-hydrogen) atoms. The summed E-state index contributed by atoms with van der Waals surface area (Å²) < 4.78 is 0. The summed E-state index contributed by atoms with van der Waals surface area (Å²) >= 11 is 0. The van der Waals surface area contributed by atoms with E-state index in [0.29, 0.717) is 13.0 Å². The van der Waals surface area contributed by atoms with Crippen LogP contribution >= 0.6 is 0 Å². The third kappa shape index (κ3) is 6.01. The van der Waals surface area contributed by atoms with Crippen LogP contribution in [-0.2, 0) is 14.4 Å². The van der Waals surface area contributed by atoms with Crippen LogP contribution in [0.25, 0.3) is 0 Å². The molecule has 1 aliphatic heterocycles. The van der Waals surface area contributed by atoms with Crippen LogP contribution in [0.5, 0.6) is 0 Å². The molecule has 0 amide bonds. The fourth-order valence-corrected chi connectivity index (χ4v) is 1.62. The fourth-order valence-electron chi connectivity index (χ4n) is 1.62. The zero-order valence-electron chi connectivity index (χ0n) is 11.4. The molecule has 128 valence electrons. The summed E-state index contributed by atoms with van der Waals surface area (Å²) in [5.74, 6) is -2.69. The summed E-state index contributed by atoms with van der Waals surface area (Å²) in [6.07, 6.45) is -7.06. The number of aliphatic carboxylic acids is 2. The molecule has 11 heteroatoms. The Morgan fingerprint density at radius 1 is 1.09 bits per heavy atom. The van der Waals surface area contributed by atoms with E-state index in [0.717, 1.165) is 11.5 Å². The third-order valence-electron chi connectivity index (χ3n) is 2.93. The molecule has 0 unspecified atom stereocenters. The molecule has 0 radical (unpaired) electrons. The number of hydroxylamine groups is 2. The highest BCUT2D eigenvalue weighted by atomic mass is 16.5. The summed E-state index contributed by atoms with van der Waals surface area (Å²) in [6, 6.07) is -0.662. The molecule has 1 heterocycles. The SMILES string of the molecule is O=C(O)[C@@H]1CCCN1O.O=C[C@H](O)[C@@H](O)[C@@H](O)[C@H](O)C(=O)O. The van der Waals surface area contributed by atoms with Crippen LogP contribution < -0.4 is 0 Å². The highest BCUT2D eigenvalue weighted by molar-refractivity contribution is 5.73. The van der Waals surface area contributed by atoms with Crippen molar-refractivity contribution in [1.29, 1.82) is 0 Å². The minimum Gasteiger partial charge on any atom is -0.480 e. The zero-order valence-corrected chi connectivity index (χ0v) is 11.4. The lowest BCUT2D eigenvalue weighted by Gasteiger charge is -2.21. The molecule has 0 saturated carbocycles. The van der Waals surface area contributed by atoms with Gasteiger partial charge in [-0.15, -0.1) is 0 Å². The minimum atomic E-state index is -2.25. The number of carbonyl (C=O) groups is 3. The van der Waals surface area contributed by atoms with Crippen LogP contribution in [0.3, 0.4) is 0 Å². The molecule has 11 nitrogen and oxygen atoms in total. The maximum atomic E-state index is 10.2. The molecular weight excluding hydrogens is 306 g/mol. The second kappa shape index (κ2) is 9.40. The lowest BCUT2D eigenvalue weighted by atomic mass is 10.0. The van der Waals surface area contributed by atoms with Gasteiger partial charge in [0.2, 0.25) is 0 Å². The largest absolute Gasteiger partial charge is 0.480 e. The van der Waals surface area contributed by atoms with Gasteiger partial charge in [0.05, 0.1) is 0 Å². The summed E-state index contributed by atoms with van der Waals surface area (Å²) in [6.45, 7) is 0.483. The first-order valence-electron chi connectivity index (χ1n) is 6.22. The van der Waals surface area contributed by atoms with Crippen molar-refractivity contribution in [3.8, 4) is 0 Å². The van der Waals surface area contributed by atoms with Gasteiger partial charge in [-0.25, -0.2) is 4.79 Å². The van der Waals surface area contributed by atoms with Crippen molar-refractivity contribution < 1.29 is 50.2 Å². The van der Waals surface area contributed by atoms with E-state index in [-0.39, 0.29) is 6.29 Å². The Morgan fingerprint density at radius 3 is 1.91 bits per heavy atom. The molecule has 0 aromatic rings. The number of carbonyl (C=O) groups excluding carboxylic acids is 1. The van der Waals surface area contributed by atoms with E-state index in [1.807, 2.05) is 0 Å². The van der Waals surface area contributed by atoms with Gasteiger partial charge < -0.3 is 40.6 Å². The van der Waals surface area contributed by atoms with Crippen molar-refractivity contribution in [1.82, 2.24) is 5.06 Å². The molecule has 5 atom stereocenters. The van der Waals surface area contributed by atoms with Gasteiger partial charge in [0.25, 0.3) is 0 Å². The maximum absolute atomic E-state index is 10.2. The summed E-state index contributed by atoms with van der Waals surface area (Å²) in [5, 5.41) is 61.3. The second-order valence-electron chi connectivity index (χ2n) is 4.55. The fraction of sp³-hybridized carbons (Fsp3) is 0.727. The predicted molar refractivity (Wildman–Crippen MR) is 66.9 cm³/mol. The quantitative estimate of drug-likeness (QED) is 0.241. The average Bonchev–Trinajstić information content (AvgIpc) is 2.90. The van der Waals surface area contributed by atoms with E-state index in [2.05, 4.69) is 0 Å². The number of aliphatic hydroxyl groups is 4. The van der Waals surface area contributed by atoms with Crippen molar-refractivity contribution in [2.75, 3.05) is 6.54 Å². The molecule has 1 saturated heterocycles. The standard InChI is InChI=1S/C6H10O7.C5H9NO3/c7-1-2(8)3(9)4(10)5(11)6(12)13;7-5(8)4-2-1-3-6(4)9/h1-5,8-11H,(H,12,13);4,9H,1-3H2,(H,7,8)/t2-,3+,4+,5-;4-/m00/s1. The van der Waals surface area contributed by atoms with Gasteiger partial charge in [0.15, 0.2) is 12.4 Å². The van der Waals surface area contributed by atoms with Crippen molar-refractivity contribution in [2.45, 2.75) is 43.3 Å². The van der Waals surface area contributed by atoms with E-state index in [9.17, 15) is 14.4 Å². The lowest BCUT2D eigenvalue weighted by molar-refractivity contribution is -0.163. The van der Waals surface area contributed by atoms with Crippen molar-refractivity contribution >= 4 is 18.2 Å². The van der Waals surface area contributed by atoms with Gasteiger partial charge >= 0.3 is 11.9 Å². The number of nitrogens with zero attached hydrogens (tertiary/aromatic N) is 1. The molecule has 1 rings (SSSR count). The zero-order chi connectivity index (χ0) is 17.4. The number of hydrogen-bond acceptors (Lipinski definition) is 9. The first kappa shape index (κ1) is 20.4. The first-order valence-corrected chi connectivity index (χ1v) is 6.22. The van der Waals surface area contributed by atoms with Gasteiger partial charge in [-0.2, -0.15) is 5.06 Å². The molecule has 0 aliphatic carbocycles. The number of aldehydes is 1. The highest BCUT2D eigenvalue weighted by Crippen LogP contribution is 2.13. The van der Waals surface area contributed by atoms with Gasteiger partial charge in [-0.3, -0.25) is 4.79 Å².